The molecule has 1 atom stereocenters. The van der Waals surface area contributed by atoms with Crippen LogP contribution < -0.4 is 5.73 Å². The molecule has 0 bridgehead atoms. The first-order valence-corrected chi connectivity index (χ1v) is 18.8. The van der Waals surface area contributed by atoms with Crippen molar-refractivity contribution in [3.05, 3.63) is 129 Å². The number of allylic oxidation sites excluding steroid dienone is 2. The average molecular weight is 696 g/mol. The Bertz CT molecular complexity index is 2000. The molecule has 2 heterocycles. The molecule has 0 fully saturated rings. The van der Waals surface area contributed by atoms with Crippen molar-refractivity contribution in [2.24, 2.45) is 12.8 Å². The van der Waals surface area contributed by atoms with Gasteiger partial charge in [0.2, 0.25) is 0 Å². The zero-order valence-corrected chi connectivity index (χ0v) is 31.2. The minimum absolute atomic E-state index is 0.263. The summed E-state index contributed by atoms with van der Waals surface area (Å²) in [6.07, 6.45) is 7.65. The van der Waals surface area contributed by atoms with Crippen molar-refractivity contribution >= 4 is 22.7 Å². The number of fused-ring (bicyclic) bond motifs is 1. The molecule has 0 aliphatic heterocycles. The summed E-state index contributed by atoms with van der Waals surface area (Å²) in [6.45, 7) is 14.7. The molecule has 0 aliphatic carbocycles. The van der Waals surface area contributed by atoms with Gasteiger partial charge in [-0.3, -0.25) is 0 Å². The Labute approximate surface area is 300 Å². The van der Waals surface area contributed by atoms with Crippen LogP contribution in [0.5, 0.6) is 0 Å². The number of aryl methyl sites for hydroxylation is 3. The largest absolute Gasteiger partial charge is 0.401 e. The van der Waals surface area contributed by atoms with E-state index < -0.39 is 11.2 Å². The highest BCUT2D eigenvalue weighted by atomic mass is 32.2. The number of H-pyrrole nitrogens is 1. The zero-order chi connectivity index (χ0) is 36.0. The first kappa shape index (κ1) is 37.1. The number of nitrogens with one attached hydrogen (secondary N) is 1. The van der Waals surface area contributed by atoms with Gasteiger partial charge in [-0.25, -0.2) is 18.4 Å². The van der Waals surface area contributed by atoms with Crippen molar-refractivity contribution in [2.45, 2.75) is 85.0 Å². The lowest BCUT2D eigenvalue weighted by Crippen LogP contribution is -2.27. The molecule has 2 aromatic heterocycles. The molecule has 50 heavy (non-hydrogen) atoms. The molecule has 264 valence electrons. The van der Waals surface area contributed by atoms with Crippen LogP contribution in [0.25, 0.3) is 22.3 Å². The fraction of sp³-hybridized carbons (Fsp3) is 0.381. The summed E-state index contributed by atoms with van der Waals surface area (Å²) in [5.41, 5.74) is 14.9. The van der Waals surface area contributed by atoms with Crippen LogP contribution in [0.4, 0.5) is 8.78 Å². The van der Waals surface area contributed by atoms with Gasteiger partial charge in [0.15, 0.2) is 11.6 Å². The van der Waals surface area contributed by atoms with Gasteiger partial charge in [-0.15, -0.1) is 0 Å². The second-order valence-electron chi connectivity index (χ2n) is 13.8. The highest BCUT2D eigenvalue weighted by Gasteiger charge is 2.34. The van der Waals surface area contributed by atoms with Gasteiger partial charge < -0.3 is 10.7 Å². The zero-order valence-electron chi connectivity index (χ0n) is 30.4. The van der Waals surface area contributed by atoms with Gasteiger partial charge in [-0.2, -0.15) is 16.9 Å². The van der Waals surface area contributed by atoms with E-state index >= 15 is 8.78 Å². The monoisotopic (exact) mass is 695 g/mol. The van der Waals surface area contributed by atoms with Crippen molar-refractivity contribution in [3.63, 3.8) is 0 Å². The summed E-state index contributed by atoms with van der Waals surface area (Å²) in [5, 5.41) is 5.96. The van der Waals surface area contributed by atoms with Crippen LogP contribution in [-0.4, -0.2) is 31.3 Å². The number of nitrogens with two attached hydrogens (primary N) is 1. The van der Waals surface area contributed by atoms with Crippen molar-refractivity contribution in [3.8, 4) is 11.4 Å². The molecule has 8 heteroatoms. The predicted octanol–water partition coefficient (Wildman–Crippen LogP) is 10.4. The molecule has 0 radical (unpaired) electrons. The van der Waals surface area contributed by atoms with Gasteiger partial charge in [0.05, 0.1) is 11.0 Å². The number of nitrogens with zero attached hydrogens (tertiary/aromatic N) is 3. The topological polar surface area (TPSA) is 72.5 Å². The fourth-order valence-corrected chi connectivity index (χ4v) is 7.85. The summed E-state index contributed by atoms with van der Waals surface area (Å²) < 4.78 is 32.7. The van der Waals surface area contributed by atoms with E-state index in [-0.39, 0.29) is 5.82 Å². The molecule has 1 unspecified atom stereocenters. The molecule has 3 aromatic carbocycles. The molecule has 0 saturated heterocycles. The maximum atomic E-state index is 15.7. The van der Waals surface area contributed by atoms with Gasteiger partial charge in [-0.05, 0) is 111 Å². The van der Waals surface area contributed by atoms with E-state index in [1.165, 1.54) is 17.2 Å². The smallest absolute Gasteiger partial charge is 0.161 e. The highest BCUT2D eigenvalue weighted by molar-refractivity contribution is 7.99. The molecule has 0 aliphatic rings. The standard InChI is InChI=1S/C42H51F2N5S/c1-8-11-28(5)14-15-29-12-10-13-31(22-29)42(6,19-21-50-26-38(45)27(3)4)41-47-40(49(7)48-41)35-24-30(16-17-36(35)43)23-34-32(9-2)33-18-20-46-39(33)25-37(34)44/h10,12-13,16-18,20,22,24-25,46H,5,8-9,11,14-15,19,21,23,26,45H2,1-4,6-7H3. The van der Waals surface area contributed by atoms with Crippen molar-refractivity contribution in [1.82, 2.24) is 19.7 Å². The maximum absolute atomic E-state index is 15.7. The van der Waals surface area contributed by atoms with Gasteiger partial charge >= 0.3 is 0 Å². The van der Waals surface area contributed by atoms with E-state index in [2.05, 4.69) is 49.7 Å². The number of hydrogen-bond acceptors (Lipinski definition) is 4. The van der Waals surface area contributed by atoms with E-state index in [0.29, 0.717) is 35.6 Å². The van der Waals surface area contributed by atoms with E-state index in [1.807, 2.05) is 40.1 Å². The van der Waals surface area contributed by atoms with Gasteiger partial charge in [-0.1, -0.05) is 68.3 Å². The lowest BCUT2D eigenvalue weighted by Gasteiger charge is -2.28. The van der Waals surface area contributed by atoms with Crippen LogP contribution in [-0.2, 0) is 31.7 Å². The number of thioether (sulfide) groups is 1. The molecule has 5 aromatic rings. The highest BCUT2D eigenvalue weighted by Crippen LogP contribution is 2.37. The summed E-state index contributed by atoms with van der Waals surface area (Å²) in [5.74, 6) is 2.03. The van der Waals surface area contributed by atoms with Crippen LogP contribution in [0.1, 0.15) is 93.9 Å². The van der Waals surface area contributed by atoms with E-state index in [9.17, 15) is 0 Å². The summed E-state index contributed by atoms with van der Waals surface area (Å²) in [7, 11) is 1.81. The van der Waals surface area contributed by atoms with Crippen LogP contribution in [0.3, 0.4) is 0 Å². The van der Waals surface area contributed by atoms with E-state index in [0.717, 1.165) is 82.5 Å². The Kier molecular flexibility index (Phi) is 12.0. The van der Waals surface area contributed by atoms with Gasteiger partial charge in [0.25, 0.3) is 0 Å². The van der Waals surface area contributed by atoms with Crippen LogP contribution >= 0.6 is 11.8 Å². The molecular weight excluding hydrogens is 645 g/mol. The Morgan fingerprint density at radius 2 is 1.80 bits per heavy atom. The van der Waals surface area contributed by atoms with Crippen molar-refractivity contribution in [2.75, 3.05) is 11.5 Å². The first-order valence-electron chi connectivity index (χ1n) is 17.7. The van der Waals surface area contributed by atoms with Crippen LogP contribution in [0, 0.1) is 11.6 Å². The van der Waals surface area contributed by atoms with Crippen LogP contribution in [0.15, 0.2) is 84.2 Å². The van der Waals surface area contributed by atoms with Gasteiger partial charge in [0, 0.05) is 42.0 Å². The lowest BCUT2D eigenvalue weighted by molar-refractivity contribution is 0.512. The molecule has 0 saturated carbocycles. The normalized spacial score (nSPS) is 12.7. The van der Waals surface area contributed by atoms with Crippen LogP contribution in [0.2, 0.25) is 0 Å². The number of benzene rings is 3. The summed E-state index contributed by atoms with van der Waals surface area (Å²) >= 11 is 1.80. The minimum atomic E-state index is -0.543. The Morgan fingerprint density at radius 1 is 1.00 bits per heavy atom. The minimum Gasteiger partial charge on any atom is -0.401 e. The third-order valence-electron chi connectivity index (χ3n) is 9.87. The number of hydrogen-bond donors (Lipinski definition) is 2. The number of aromatic amines is 1. The molecule has 3 N–H and O–H groups in total. The maximum Gasteiger partial charge on any atom is 0.161 e. The first-order chi connectivity index (χ1) is 23.9. The molecular formula is C42H51F2N5S. The SMILES string of the molecule is C=C(CCC)CCc1cccc(C(C)(CCSCC(N)=C(C)C)c2nc(-c3cc(Cc4c(F)cc5[nH]ccc5c4CC)ccc3F)n(C)n2)c1. The van der Waals surface area contributed by atoms with E-state index in [4.69, 9.17) is 15.8 Å². The van der Waals surface area contributed by atoms with Crippen molar-refractivity contribution < 1.29 is 8.78 Å². The molecule has 0 spiro atoms. The third kappa shape index (κ3) is 8.23. The van der Waals surface area contributed by atoms with E-state index in [1.54, 1.807) is 34.6 Å². The molecule has 5 nitrogen and oxygen atoms in total. The quantitative estimate of drug-likeness (QED) is 0.0796. The number of aromatic nitrogens is 4. The molecule has 5 rings (SSSR count). The second-order valence-corrected chi connectivity index (χ2v) is 14.9. The Hall–Kier alpha value is -4.17. The predicted molar refractivity (Wildman–Crippen MR) is 207 cm³/mol. The number of rotatable bonds is 16. The second kappa shape index (κ2) is 16.2. The Balaban J connectivity index is 1.50. The lowest BCUT2D eigenvalue weighted by atomic mass is 9.78. The average Bonchev–Trinajstić information content (AvgIpc) is 3.73. The third-order valence-corrected chi connectivity index (χ3v) is 10.9. The molecule has 0 amide bonds. The number of halogens is 2. The fourth-order valence-electron chi connectivity index (χ4n) is 6.65. The van der Waals surface area contributed by atoms with Gasteiger partial charge in [0.1, 0.15) is 11.6 Å². The summed E-state index contributed by atoms with van der Waals surface area (Å²) in [6, 6.07) is 17.2. The Morgan fingerprint density at radius 3 is 2.54 bits per heavy atom. The summed E-state index contributed by atoms with van der Waals surface area (Å²) in [4.78, 5) is 8.19. The van der Waals surface area contributed by atoms with Crippen molar-refractivity contribution in [1.29, 1.82) is 0 Å².